The lowest BCUT2D eigenvalue weighted by Gasteiger charge is -2.32. The van der Waals surface area contributed by atoms with Crippen LogP contribution < -0.4 is 4.90 Å². The van der Waals surface area contributed by atoms with E-state index in [1.165, 1.54) is 6.07 Å². The summed E-state index contributed by atoms with van der Waals surface area (Å²) in [4.78, 5) is 21.3. The van der Waals surface area contributed by atoms with Gasteiger partial charge in [0.15, 0.2) is 5.82 Å². The monoisotopic (exact) mass is 536 g/mol. The van der Waals surface area contributed by atoms with Gasteiger partial charge in [0, 0.05) is 36.3 Å². The van der Waals surface area contributed by atoms with E-state index >= 15 is 0 Å². The molecule has 3 heterocycles. The molecule has 9 nitrogen and oxygen atoms in total. The van der Waals surface area contributed by atoms with Crippen molar-refractivity contribution >= 4 is 61.7 Å². The van der Waals surface area contributed by atoms with Crippen molar-refractivity contribution in [1.82, 2.24) is 19.5 Å². The van der Waals surface area contributed by atoms with Gasteiger partial charge in [-0.05, 0) is 53.2 Å². The minimum Gasteiger partial charge on any atom is -0.375 e. The van der Waals surface area contributed by atoms with Gasteiger partial charge in [0.05, 0.1) is 40.6 Å². The molecule has 1 N–H and O–H groups in total. The van der Waals surface area contributed by atoms with Crippen LogP contribution in [0.2, 0.25) is 0 Å². The number of aromatic nitrogens is 4. The Hall–Kier alpha value is -2.30. The molecule has 154 valence electrons. The molecular weight excluding hydrogens is 518 g/mol. The van der Waals surface area contributed by atoms with Gasteiger partial charge in [-0.25, -0.2) is 9.44 Å². The number of nitro groups is 1. The number of non-ortho nitro benzene ring substituents is 1. The Morgan fingerprint density at radius 3 is 2.97 bits per heavy atom. The number of imidazole rings is 1. The molecule has 1 saturated heterocycles. The molecule has 2 unspecified atom stereocenters. The van der Waals surface area contributed by atoms with Crippen molar-refractivity contribution < 1.29 is 9.66 Å². The summed E-state index contributed by atoms with van der Waals surface area (Å²) in [6.07, 6.45) is 0.574. The minimum absolute atomic E-state index is 0.0416. The van der Waals surface area contributed by atoms with E-state index in [0.717, 1.165) is 40.7 Å². The fourth-order valence-corrected chi connectivity index (χ4v) is 5.35. The zero-order valence-electron chi connectivity index (χ0n) is 16.0. The first-order valence-corrected chi connectivity index (χ1v) is 13.5. The van der Waals surface area contributed by atoms with Gasteiger partial charge in [-0.15, -0.1) is 0 Å². The Morgan fingerprint density at radius 1 is 1.33 bits per heavy atom. The lowest BCUT2D eigenvalue weighted by molar-refractivity contribution is -0.384. The molecule has 11 heteroatoms. The first kappa shape index (κ1) is 19.7. The van der Waals surface area contributed by atoms with Gasteiger partial charge in [-0.1, -0.05) is 0 Å². The number of anilines is 1. The van der Waals surface area contributed by atoms with Crippen LogP contribution in [0, 0.1) is 10.1 Å². The Morgan fingerprint density at radius 2 is 2.20 bits per heavy atom. The number of nitrogens with one attached hydrogen (secondary N) is 1. The van der Waals surface area contributed by atoms with Crippen LogP contribution in [0.15, 0.2) is 36.4 Å². The molecule has 0 aliphatic carbocycles. The quantitative estimate of drug-likeness (QED) is 0.178. The number of aromatic amines is 1. The molecule has 30 heavy (non-hydrogen) atoms. The smallest absolute Gasteiger partial charge is 0.270 e. The summed E-state index contributed by atoms with van der Waals surface area (Å²) in [5.41, 5.74) is 4.38. The molecule has 0 radical (unpaired) electrons. The van der Waals surface area contributed by atoms with Crippen molar-refractivity contribution in [3.8, 4) is 11.5 Å². The number of nitrogens with zero attached hydrogens (tertiary/aromatic N) is 5. The van der Waals surface area contributed by atoms with Gasteiger partial charge in [0.25, 0.3) is 5.69 Å². The fourth-order valence-electron chi connectivity index (χ4n) is 3.82. The van der Waals surface area contributed by atoms with E-state index in [9.17, 15) is 10.1 Å². The topological polar surface area (TPSA) is 102 Å². The maximum absolute atomic E-state index is 11.3. The maximum Gasteiger partial charge on any atom is 0.270 e. The van der Waals surface area contributed by atoms with E-state index in [2.05, 4.69) is 56.1 Å². The highest BCUT2D eigenvalue weighted by molar-refractivity contribution is 14.2. The van der Waals surface area contributed by atoms with Crippen molar-refractivity contribution in [3.63, 3.8) is 0 Å². The minimum atomic E-state index is -0.388. The highest BCUT2D eigenvalue weighted by atomic mass is 127. The average molecular weight is 536 g/mol. The van der Waals surface area contributed by atoms with E-state index in [-0.39, 0.29) is 16.7 Å². The van der Waals surface area contributed by atoms with E-state index in [4.69, 9.17) is 9.72 Å². The third kappa shape index (κ3) is 3.42. The molecule has 4 aromatic rings. The number of morpholine rings is 1. The van der Waals surface area contributed by atoms with Crippen LogP contribution in [0.4, 0.5) is 11.4 Å². The van der Waals surface area contributed by atoms with Gasteiger partial charge in [0.2, 0.25) is 0 Å². The third-order valence-electron chi connectivity index (χ3n) is 5.25. The van der Waals surface area contributed by atoms with E-state index in [1.54, 1.807) is 12.1 Å². The number of rotatable bonds is 4. The molecule has 1 aliphatic rings. The summed E-state index contributed by atoms with van der Waals surface area (Å²) in [7, 11) is 0. The van der Waals surface area contributed by atoms with E-state index < -0.39 is 0 Å². The predicted octanol–water partition coefficient (Wildman–Crippen LogP) is 4.50. The molecule has 2 atom stereocenters. The zero-order chi connectivity index (χ0) is 20.8. The number of hydrogen-bond acceptors (Lipinski definition) is 6. The summed E-state index contributed by atoms with van der Waals surface area (Å²) < 4.78 is 7.49. The van der Waals surface area contributed by atoms with Gasteiger partial charge in [0.1, 0.15) is 5.69 Å². The Labute approximate surface area is 186 Å². The van der Waals surface area contributed by atoms with Crippen LogP contribution in [-0.2, 0) is 4.74 Å². The highest BCUT2D eigenvalue weighted by Gasteiger charge is 2.20. The van der Waals surface area contributed by atoms with Gasteiger partial charge in [-0.3, -0.25) is 10.1 Å². The Kier molecular flexibility index (Phi) is 5.08. The highest BCUT2D eigenvalue weighted by Crippen LogP contribution is 2.36. The summed E-state index contributed by atoms with van der Waals surface area (Å²) >= 11 is 2.25. The summed E-state index contributed by atoms with van der Waals surface area (Å²) in [5.74, 6) is 0.608. The molecule has 1 aliphatic heterocycles. The number of nitro benzene ring substituents is 1. The molecule has 1 fully saturated rings. The average Bonchev–Trinajstić information content (AvgIpc) is 3.33. The Balaban J connectivity index is 1.60. The third-order valence-corrected chi connectivity index (χ3v) is 7.12. The zero-order valence-corrected chi connectivity index (χ0v) is 19.2. The molecule has 2 aromatic carbocycles. The largest absolute Gasteiger partial charge is 0.375 e. The molecule has 2 aromatic heterocycles. The number of halogens is 1. The van der Waals surface area contributed by atoms with Crippen molar-refractivity contribution in [3.05, 3.63) is 46.5 Å². The van der Waals surface area contributed by atoms with Crippen LogP contribution >= 0.6 is 28.4 Å². The maximum atomic E-state index is 11.3. The summed E-state index contributed by atoms with van der Waals surface area (Å²) in [6.45, 7) is 4.49. The van der Waals surface area contributed by atoms with Crippen molar-refractivity contribution in [1.29, 1.82) is 0 Å². The lowest BCUT2D eigenvalue weighted by Crippen LogP contribution is -2.41. The molecule has 0 amide bonds. The van der Waals surface area contributed by atoms with Crippen LogP contribution in [0.3, 0.4) is 0 Å². The number of ether oxygens (including phenoxy) is 1. The van der Waals surface area contributed by atoms with E-state index in [1.807, 2.05) is 10.5 Å². The number of hydrogen-bond donors (Lipinski definition) is 1. The standard InChI is InChI=1S/C19H18IN6O3P/c1-11-10-24(6-7-29-11)12-2-4-15-16(9-12)22-19(21-15)18-14-8-13(26(27)28)3-5-17(14)25(23-18)30-20/h2-5,8-9,11,30H,6-7,10H2,1H3,(H,21,22). The summed E-state index contributed by atoms with van der Waals surface area (Å²) in [6, 6.07) is 11.0. The number of fused-ring (bicyclic) bond motifs is 2. The van der Waals surface area contributed by atoms with Crippen LogP contribution in [0.5, 0.6) is 0 Å². The first-order valence-electron chi connectivity index (χ1n) is 9.44. The first-order chi connectivity index (χ1) is 14.5. The summed E-state index contributed by atoms with van der Waals surface area (Å²) in [5, 5.41) is 16.7. The van der Waals surface area contributed by atoms with Crippen LogP contribution in [0.25, 0.3) is 33.5 Å². The van der Waals surface area contributed by atoms with Crippen LogP contribution in [-0.4, -0.2) is 50.2 Å². The van der Waals surface area contributed by atoms with Crippen molar-refractivity contribution in [2.24, 2.45) is 0 Å². The number of H-pyrrole nitrogens is 1. The SMILES string of the molecule is CC1CN(c2ccc3nc(-c4nn(PI)c5ccc([N+](=O)[O-])cc45)[nH]c3c2)CCO1. The second-order valence-corrected chi connectivity index (χ2v) is 9.26. The molecule has 0 spiro atoms. The lowest BCUT2D eigenvalue weighted by atomic mass is 10.2. The second-order valence-electron chi connectivity index (χ2n) is 7.22. The molecular formula is C19H18IN6O3P. The van der Waals surface area contributed by atoms with Crippen molar-refractivity contribution in [2.75, 3.05) is 24.6 Å². The second kappa shape index (κ2) is 7.75. The molecule has 0 bridgehead atoms. The predicted molar refractivity (Wildman–Crippen MR) is 127 cm³/mol. The van der Waals surface area contributed by atoms with E-state index in [0.29, 0.717) is 24.5 Å². The Bertz CT molecular complexity index is 1270. The van der Waals surface area contributed by atoms with Crippen molar-refractivity contribution in [2.45, 2.75) is 13.0 Å². The molecule has 0 saturated carbocycles. The van der Waals surface area contributed by atoms with Crippen LogP contribution in [0.1, 0.15) is 6.92 Å². The normalized spacial score (nSPS) is 17.5. The van der Waals surface area contributed by atoms with Gasteiger partial charge >= 0.3 is 0 Å². The number of benzene rings is 2. The molecule has 5 rings (SSSR count). The van der Waals surface area contributed by atoms with Gasteiger partial charge < -0.3 is 14.6 Å². The fraction of sp³-hybridized carbons (Fsp3) is 0.263. The van der Waals surface area contributed by atoms with Gasteiger partial charge in [-0.2, -0.15) is 5.10 Å².